The van der Waals surface area contributed by atoms with Crippen molar-refractivity contribution in [2.24, 2.45) is 0 Å². The molecule has 0 saturated carbocycles. The van der Waals surface area contributed by atoms with E-state index in [-0.39, 0.29) is 6.10 Å². The molecular formula is C16H28N2O2+2. The number of quaternary nitrogens is 2. The summed E-state index contributed by atoms with van der Waals surface area (Å²) in [6, 6.07) is 7.95. The highest BCUT2D eigenvalue weighted by Gasteiger charge is 2.23. The molecule has 112 valence electrons. The second-order valence-electron chi connectivity index (χ2n) is 5.79. The monoisotopic (exact) mass is 280 g/mol. The van der Waals surface area contributed by atoms with Crippen molar-refractivity contribution >= 4 is 0 Å². The molecule has 0 aliphatic carbocycles. The van der Waals surface area contributed by atoms with Crippen LogP contribution in [-0.2, 0) is 0 Å². The van der Waals surface area contributed by atoms with Gasteiger partial charge in [-0.3, -0.25) is 0 Å². The molecule has 0 unspecified atom stereocenters. The lowest BCUT2D eigenvalue weighted by Crippen LogP contribution is -3.28. The normalized spacial score (nSPS) is 24.4. The number of aliphatic hydroxyl groups is 1. The van der Waals surface area contributed by atoms with Crippen LogP contribution in [0.1, 0.15) is 12.5 Å². The van der Waals surface area contributed by atoms with E-state index in [1.807, 2.05) is 31.2 Å². The number of hydrogen-bond acceptors (Lipinski definition) is 2. The number of benzene rings is 1. The molecule has 1 atom stereocenters. The second kappa shape index (κ2) is 7.62. The molecule has 0 aromatic heterocycles. The lowest BCUT2D eigenvalue weighted by atomic mass is 10.2. The van der Waals surface area contributed by atoms with Crippen LogP contribution < -0.4 is 14.5 Å². The SMILES string of the molecule is CC[NH+]1CC[NH+](C[C@H](O)COc2ccccc2C)CC1. The van der Waals surface area contributed by atoms with Gasteiger partial charge >= 0.3 is 0 Å². The van der Waals surface area contributed by atoms with Crippen LogP contribution in [0, 0.1) is 6.92 Å². The van der Waals surface area contributed by atoms with E-state index in [4.69, 9.17) is 4.74 Å². The molecule has 0 bridgehead atoms. The first-order valence-corrected chi connectivity index (χ1v) is 7.72. The van der Waals surface area contributed by atoms with Gasteiger partial charge in [-0.25, -0.2) is 0 Å². The maximum Gasteiger partial charge on any atom is 0.137 e. The average Bonchev–Trinajstić information content (AvgIpc) is 2.47. The molecule has 4 heteroatoms. The molecule has 1 aliphatic rings. The Morgan fingerprint density at radius 2 is 1.80 bits per heavy atom. The van der Waals surface area contributed by atoms with Crippen molar-refractivity contribution in [2.75, 3.05) is 45.9 Å². The van der Waals surface area contributed by atoms with Gasteiger partial charge in [0.05, 0.1) is 6.54 Å². The summed E-state index contributed by atoms with van der Waals surface area (Å²) in [7, 11) is 0. The summed E-state index contributed by atoms with van der Waals surface area (Å²) in [5, 5.41) is 10.1. The van der Waals surface area contributed by atoms with Gasteiger partial charge in [-0.15, -0.1) is 0 Å². The van der Waals surface area contributed by atoms with Crippen molar-refractivity contribution in [1.82, 2.24) is 0 Å². The minimum absolute atomic E-state index is 0.382. The number of para-hydroxylation sites is 1. The Labute approximate surface area is 122 Å². The van der Waals surface area contributed by atoms with Crippen molar-refractivity contribution in [3.63, 3.8) is 0 Å². The molecule has 0 spiro atoms. The third kappa shape index (κ3) is 4.47. The van der Waals surface area contributed by atoms with Crippen molar-refractivity contribution in [2.45, 2.75) is 20.0 Å². The summed E-state index contributed by atoms with van der Waals surface area (Å²) in [5.41, 5.74) is 1.12. The van der Waals surface area contributed by atoms with Gasteiger partial charge in [0.2, 0.25) is 0 Å². The number of aliphatic hydroxyl groups excluding tert-OH is 1. The number of hydrogen-bond donors (Lipinski definition) is 3. The highest BCUT2D eigenvalue weighted by molar-refractivity contribution is 5.31. The molecule has 1 aliphatic heterocycles. The fraction of sp³-hybridized carbons (Fsp3) is 0.625. The highest BCUT2D eigenvalue weighted by Crippen LogP contribution is 2.15. The molecule has 0 radical (unpaired) electrons. The minimum Gasteiger partial charge on any atom is -0.490 e. The maximum absolute atomic E-state index is 10.1. The van der Waals surface area contributed by atoms with Crippen molar-refractivity contribution in [3.05, 3.63) is 29.8 Å². The van der Waals surface area contributed by atoms with E-state index in [1.165, 1.54) is 24.5 Å². The molecule has 1 aromatic carbocycles. The Morgan fingerprint density at radius 3 is 2.45 bits per heavy atom. The van der Waals surface area contributed by atoms with Gasteiger partial charge in [0.15, 0.2) is 0 Å². The van der Waals surface area contributed by atoms with Crippen LogP contribution in [0.5, 0.6) is 5.75 Å². The number of rotatable bonds is 6. The van der Waals surface area contributed by atoms with Gasteiger partial charge in [0.25, 0.3) is 0 Å². The number of aryl methyl sites for hydroxylation is 1. The average molecular weight is 280 g/mol. The summed E-state index contributed by atoms with van der Waals surface area (Å²) >= 11 is 0. The van der Waals surface area contributed by atoms with E-state index in [2.05, 4.69) is 6.92 Å². The number of piperazine rings is 1. The second-order valence-corrected chi connectivity index (χ2v) is 5.79. The first kappa shape index (κ1) is 15.3. The van der Waals surface area contributed by atoms with E-state index < -0.39 is 0 Å². The Balaban J connectivity index is 1.71. The largest absolute Gasteiger partial charge is 0.490 e. The standard InChI is InChI=1S/C16H26N2O2/c1-3-17-8-10-18(11-9-17)12-15(19)13-20-16-7-5-4-6-14(16)2/h4-7,15,19H,3,8-13H2,1-2H3/p+2/t15-/m0/s1. The van der Waals surface area contributed by atoms with Crippen LogP contribution in [0.25, 0.3) is 0 Å². The Morgan fingerprint density at radius 1 is 1.15 bits per heavy atom. The predicted octanol–water partition coefficient (Wildman–Crippen LogP) is -1.46. The topological polar surface area (TPSA) is 38.3 Å². The molecule has 20 heavy (non-hydrogen) atoms. The number of ether oxygens (including phenoxy) is 1. The van der Waals surface area contributed by atoms with E-state index >= 15 is 0 Å². The summed E-state index contributed by atoms with van der Waals surface area (Å²) in [6.45, 7) is 11.4. The van der Waals surface area contributed by atoms with E-state index in [9.17, 15) is 5.11 Å². The molecular weight excluding hydrogens is 252 g/mol. The van der Waals surface area contributed by atoms with Crippen LogP contribution in [0.4, 0.5) is 0 Å². The maximum atomic E-state index is 10.1. The molecule has 0 amide bonds. The Bertz CT molecular complexity index is 403. The summed E-state index contributed by atoms with van der Waals surface area (Å²) in [5.74, 6) is 0.877. The predicted molar refractivity (Wildman–Crippen MR) is 79.5 cm³/mol. The number of nitrogens with one attached hydrogen (secondary N) is 2. The smallest absolute Gasteiger partial charge is 0.137 e. The highest BCUT2D eigenvalue weighted by atomic mass is 16.5. The first-order valence-electron chi connectivity index (χ1n) is 7.72. The third-order valence-electron chi connectivity index (χ3n) is 4.21. The zero-order chi connectivity index (χ0) is 14.4. The quantitative estimate of drug-likeness (QED) is 0.596. The Hall–Kier alpha value is -1.10. The minimum atomic E-state index is -0.382. The van der Waals surface area contributed by atoms with Crippen LogP contribution in [0.2, 0.25) is 0 Å². The van der Waals surface area contributed by atoms with Gasteiger partial charge in [-0.05, 0) is 25.5 Å². The van der Waals surface area contributed by atoms with E-state index in [0.29, 0.717) is 6.61 Å². The van der Waals surface area contributed by atoms with Crippen molar-refractivity contribution in [3.8, 4) is 5.75 Å². The van der Waals surface area contributed by atoms with Gasteiger partial charge in [0.1, 0.15) is 51.2 Å². The molecule has 1 fully saturated rings. The Kier molecular flexibility index (Phi) is 5.83. The molecule has 2 rings (SSSR count). The van der Waals surface area contributed by atoms with Gasteiger partial charge < -0.3 is 19.6 Å². The zero-order valence-electron chi connectivity index (χ0n) is 12.7. The molecule has 4 nitrogen and oxygen atoms in total. The van der Waals surface area contributed by atoms with Crippen LogP contribution in [0.3, 0.4) is 0 Å². The van der Waals surface area contributed by atoms with Crippen molar-refractivity contribution < 1.29 is 19.6 Å². The lowest BCUT2D eigenvalue weighted by molar-refractivity contribution is -1.01. The summed E-state index contributed by atoms with van der Waals surface area (Å²) in [4.78, 5) is 3.18. The summed E-state index contributed by atoms with van der Waals surface area (Å²) < 4.78 is 5.71. The molecule has 3 N–H and O–H groups in total. The van der Waals surface area contributed by atoms with E-state index in [1.54, 1.807) is 4.90 Å². The van der Waals surface area contributed by atoms with Gasteiger partial charge in [0, 0.05) is 0 Å². The van der Waals surface area contributed by atoms with Crippen LogP contribution in [-0.4, -0.2) is 57.1 Å². The van der Waals surface area contributed by atoms with E-state index in [0.717, 1.165) is 30.9 Å². The number of likely N-dealkylation sites (N-methyl/N-ethyl adjacent to an activating group) is 1. The van der Waals surface area contributed by atoms with Gasteiger partial charge in [-0.1, -0.05) is 18.2 Å². The first-order chi connectivity index (χ1) is 9.69. The third-order valence-corrected chi connectivity index (χ3v) is 4.21. The van der Waals surface area contributed by atoms with Crippen LogP contribution in [0.15, 0.2) is 24.3 Å². The molecule has 1 heterocycles. The summed E-state index contributed by atoms with van der Waals surface area (Å²) in [6.07, 6.45) is -0.382. The fourth-order valence-corrected chi connectivity index (χ4v) is 2.81. The fourth-order valence-electron chi connectivity index (χ4n) is 2.81. The lowest BCUT2D eigenvalue weighted by Gasteiger charge is -2.30. The van der Waals surface area contributed by atoms with Gasteiger partial charge in [-0.2, -0.15) is 0 Å². The van der Waals surface area contributed by atoms with Crippen LogP contribution >= 0.6 is 0 Å². The zero-order valence-corrected chi connectivity index (χ0v) is 12.7. The molecule has 1 aromatic rings. The molecule has 1 saturated heterocycles. The van der Waals surface area contributed by atoms with Crippen molar-refractivity contribution in [1.29, 1.82) is 0 Å².